The Balaban J connectivity index is 1.66. The molecule has 416 valence electrons. The molecule has 14 nitrogen and oxygen atoms in total. The van der Waals surface area contributed by atoms with Gasteiger partial charge in [-0.1, -0.05) is 239 Å². The first-order chi connectivity index (χ1) is 34.1. The summed E-state index contributed by atoms with van der Waals surface area (Å²) in [7, 11) is 0. The molecule has 9 N–H and O–H groups in total. The van der Waals surface area contributed by atoms with Gasteiger partial charge in [-0.15, -0.1) is 0 Å². The molecule has 0 aromatic rings. The first kappa shape index (κ1) is 65.1. The molecule has 2 fully saturated rings. The Labute approximate surface area is 425 Å². The maximum absolute atomic E-state index is 13.2. The number of aliphatic hydroxyl groups excluding tert-OH is 8. The standard InChI is InChI=1S/C56H109NO13/c1-3-5-7-9-11-13-15-16-17-18-19-20-21-22-23-24-25-26-27-28-29-30-32-34-36-38-40-48(61)57-44(45(60)39-37-35-33-31-14-12-10-8-6-4-2)43-67-55-53(66)51(64)54(47(42-59)69-55)70-56-52(65)50(63)49(62)46(41-58)68-56/h44-47,49-56,58-60,62-66H,3-43H2,1-2H3,(H,57,61)/t44-,45+,46+,47+,49-,50?,51?,52?,53?,54+,55+,56-/m0/s1. The highest BCUT2D eigenvalue weighted by Gasteiger charge is 2.51. The summed E-state index contributed by atoms with van der Waals surface area (Å²) in [6, 6.07) is -0.821. The van der Waals surface area contributed by atoms with Gasteiger partial charge < -0.3 is 65.1 Å². The molecule has 2 rings (SSSR count). The second-order valence-electron chi connectivity index (χ2n) is 21.1. The van der Waals surface area contributed by atoms with E-state index >= 15 is 0 Å². The zero-order chi connectivity index (χ0) is 51.0. The third kappa shape index (κ3) is 29.2. The Morgan fingerprint density at radius 3 is 1.21 bits per heavy atom. The molecule has 1 amide bonds. The first-order valence-corrected chi connectivity index (χ1v) is 29.3. The van der Waals surface area contributed by atoms with Crippen LogP contribution in [0.2, 0.25) is 0 Å². The summed E-state index contributed by atoms with van der Waals surface area (Å²) in [5.41, 5.74) is 0. The number of nitrogens with one attached hydrogen (secondary N) is 1. The minimum atomic E-state index is -1.78. The Hall–Kier alpha value is -1.01. The van der Waals surface area contributed by atoms with Crippen LogP contribution < -0.4 is 5.32 Å². The van der Waals surface area contributed by atoms with E-state index < -0.39 is 86.8 Å². The summed E-state index contributed by atoms with van der Waals surface area (Å²) in [6.07, 6.45) is 29.9. The third-order valence-corrected chi connectivity index (χ3v) is 14.8. The summed E-state index contributed by atoms with van der Waals surface area (Å²) >= 11 is 0. The van der Waals surface area contributed by atoms with Gasteiger partial charge in [0.15, 0.2) is 12.6 Å². The largest absolute Gasteiger partial charge is 0.394 e. The van der Waals surface area contributed by atoms with E-state index in [4.69, 9.17) is 18.9 Å². The summed E-state index contributed by atoms with van der Waals surface area (Å²) in [5.74, 6) is -0.202. The predicted octanol–water partition coefficient (Wildman–Crippen LogP) is 9.34. The Bertz CT molecular complexity index is 1180. The highest BCUT2D eigenvalue weighted by molar-refractivity contribution is 5.76. The van der Waals surface area contributed by atoms with Crippen LogP contribution in [0, 0.1) is 0 Å². The van der Waals surface area contributed by atoms with Crippen molar-refractivity contribution in [2.45, 2.75) is 331 Å². The lowest BCUT2D eigenvalue weighted by Crippen LogP contribution is -2.65. The number of hydrogen-bond donors (Lipinski definition) is 9. The summed E-state index contributed by atoms with van der Waals surface area (Å²) in [5, 5.41) is 87.0. The number of amides is 1. The molecule has 14 heteroatoms. The van der Waals surface area contributed by atoms with Crippen LogP contribution in [0.1, 0.15) is 258 Å². The maximum atomic E-state index is 13.2. The van der Waals surface area contributed by atoms with Crippen molar-refractivity contribution in [3.63, 3.8) is 0 Å². The molecule has 70 heavy (non-hydrogen) atoms. The van der Waals surface area contributed by atoms with E-state index in [1.54, 1.807) is 0 Å². The molecular formula is C56H109NO13. The molecule has 0 radical (unpaired) electrons. The van der Waals surface area contributed by atoms with Gasteiger partial charge in [-0.25, -0.2) is 0 Å². The average molecular weight is 1000 g/mol. The van der Waals surface area contributed by atoms with Crippen molar-refractivity contribution in [3.8, 4) is 0 Å². The van der Waals surface area contributed by atoms with Gasteiger partial charge in [-0.2, -0.15) is 0 Å². The smallest absolute Gasteiger partial charge is 0.220 e. The fraction of sp³-hybridized carbons (Fsp3) is 0.982. The normalized spacial score (nSPS) is 25.9. The van der Waals surface area contributed by atoms with Crippen LogP contribution in [-0.4, -0.2) is 140 Å². The van der Waals surface area contributed by atoms with Gasteiger partial charge in [-0.05, 0) is 12.8 Å². The van der Waals surface area contributed by atoms with Gasteiger partial charge in [0.05, 0.1) is 32.0 Å². The zero-order valence-electron chi connectivity index (χ0n) is 44.5. The fourth-order valence-corrected chi connectivity index (χ4v) is 10.1. The molecule has 0 aromatic carbocycles. The van der Waals surface area contributed by atoms with Crippen LogP contribution in [0.15, 0.2) is 0 Å². The fourth-order valence-electron chi connectivity index (χ4n) is 10.1. The number of aliphatic hydroxyl groups is 8. The molecule has 12 atom stereocenters. The van der Waals surface area contributed by atoms with Crippen molar-refractivity contribution < 1.29 is 64.6 Å². The summed E-state index contributed by atoms with van der Waals surface area (Å²) in [4.78, 5) is 13.2. The van der Waals surface area contributed by atoms with Crippen LogP contribution in [0.3, 0.4) is 0 Å². The molecule has 2 heterocycles. The van der Waals surface area contributed by atoms with Crippen LogP contribution >= 0.6 is 0 Å². The number of carbonyl (C=O) groups is 1. The second kappa shape index (κ2) is 43.3. The lowest BCUT2D eigenvalue weighted by Gasteiger charge is -2.46. The van der Waals surface area contributed by atoms with E-state index in [0.29, 0.717) is 12.8 Å². The number of rotatable bonds is 47. The highest BCUT2D eigenvalue weighted by atomic mass is 16.7. The van der Waals surface area contributed by atoms with Crippen molar-refractivity contribution in [1.29, 1.82) is 0 Å². The molecule has 4 unspecified atom stereocenters. The van der Waals surface area contributed by atoms with Crippen LogP contribution in [0.5, 0.6) is 0 Å². The molecule has 0 aromatic heterocycles. The Morgan fingerprint density at radius 1 is 0.457 bits per heavy atom. The van der Waals surface area contributed by atoms with Gasteiger partial charge in [0, 0.05) is 6.42 Å². The third-order valence-electron chi connectivity index (χ3n) is 14.8. The van der Waals surface area contributed by atoms with Crippen molar-refractivity contribution in [3.05, 3.63) is 0 Å². The molecular weight excluding hydrogens is 895 g/mol. The van der Waals surface area contributed by atoms with E-state index in [2.05, 4.69) is 19.2 Å². The number of ether oxygens (including phenoxy) is 4. The zero-order valence-corrected chi connectivity index (χ0v) is 44.5. The quantitative estimate of drug-likeness (QED) is 0.0259. The molecule has 0 bridgehead atoms. The molecule has 2 saturated heterocycles. The SMILES string of the molecule is CCCCCCCCCCCCCCCCCCCCCCCCCCCCC(=O)N[C@@H](CO[C@@H]1O[C@H](CO)[C@@H](O[C@@H]2O[C@H](CO)[C@H](O)C(O)C2O)C(O)C1O)[C@H](O)CCCCCCCCCCCC. The average Bonchev–Trinajstić information content (AvgIpc) is 3.36. The molecule has 0 spiro atoms. The van der Waals surface area contributed by atoms with E-state index in [0.717, 1.165) is 51.4 Å². The van der Waals surface area contributed by atoms with Crippen molar-refractivity contribution in [2.24, 2.45) is 0 Å². The van der Waals surface area contributed by atoms with Crippen molar-refractivity contribution >= 4 is 5.91 Å². The summed E-state index contributed by atoms with van der Waals surface area (Å²) < 4.78 is 22.8. The van der Waals surface area contributed by atoms with Crippen LogP contribution in [0.25, 0.3) is 0 Å². The van der Waals surface area contributed by atoms with Crippen LogP contribution in [-0.2, 0) is 23.7 Å². The molecule has 2 aliphatic heterocycles. The second-order valence-corrected chi connectivity index (χ2v) is 21.1. The van der Waals surface area contributed by atoms with E-state index in [1.807, 2.05) is 0 Å². The van der Waals surface area contributed by atoms with Gasteiger partial charge >= 0.3 is 0 Å². The monoisotopic (exact) mass is 1000 g/mol. The van der Waals surface area contributed by atoms with Gasteiger partial charge in [-0.3, -0.25) is 4.79 Å². The molecule has 2 aliphatic rings. The van der Waals surface area contributed by atoms with Crippen molar-refractivity contribution in [1.82, 2.24) is 5.32 Å². The minimum absolute atomic E-state index is 0.202. The Kier molecular flexibility index (Phi) is 40.2. The van der Waals surface area contributed by atoms with Crippen LogP contribution in [0.4, 0.5) is 0 Å². The number of carbonyl (C=O) groups excluding carboxylic acids is 1. The molecule has 0 saturated carbocycles. The lowest BCUT2D eigenvalue weighted by molar-refractivity contribution is -0.359. The van der Waals surface area contributed by atoms with E-state index in [-0.39, 0.29) is 12.5 Å². The maximum Gasteiger partial charge on any atom is 0.220 e. The van der Waals surface area contributed by atoms with Crippen molar-refractivity contribution in [2.75, 3.05) is 19.8 Å². The Morgan fingerprint density at radius 2 is 0.814 bits per heavy atom. The predicted molar refractivity (Wildman–Crippen MR) is 277 cm³/mol. The molecule has 0 aliphatic carbocycles. The van der Waals surface area contributed by atoms with Gasteiger partial charge in [0.25, 0.3) is 0 Å². The lowest BCUT2D eigenvalue weighted by atomic mass is 9.97. The highest BCUT2D eigenvalue weighted by Crippen LogP contribution is 2.30. The van der Waals surface area contributed by atoms with E-state index in [1.165, 1.54) is 180 Å². The topological polar surface area (TPSA) is 228 Å². The van der Waals surface area contributed by atoms with E-state index in [9.17, 15) is 45.6 Å². The van der Waals surface area contributed by atoms with Gasteiger partial charge in [0.1, 0.15) is 48.8 Å². The first-order valence-electron chi connectivity index (χ1n) is 29.3. The number of hydrogen-bond acceptors (Lipinski definition) is 13. The minimum Gasteiger partial charge on any atom is -0.394 e. The number of unbranched alkanes of at least 4 members (excludes halogenated alkanes) is 34. The summed E-state index contributed by atoms with van der Waals surface area (Å²) in [6.45, 7) is 2.86. The van der Waals surface area contributed by atoms with Gasteiger partial charge in [0.2, 0.25) is 5.91 Å².